The quantitative estimate of drug-likeness (QED) is 0.387. The lowest BCUT2D eigenvalue weighted by Crippen LogP contribution is -1.90. The predicted molar refractivity (Wildman–Crippen MR) is 109 cm³/mol. The first-order valence-corrected chi connectivity index (χ1v) is 9.08. The van der Waals surface area contributed by atoms with Crippen LogP contribution in [0.2, 0.25) is 0 Å². The highest BCUT2D eigenvalue weighted by Gasteiger charge is 2.05. The Hall–Kier alpha value is -3.51. The second-order valence-corrected chi connectivity index (χ2v) is 6.56. The van der Waals surface area contributed by atoms with Gasteiger partial charge in [-0.3, -0.25) is 4.98 Å². The smallest absolute Gasteiger partial charge is 0.139 e. The largest absolute Gasteiger partial charge is 0.256 e. The first-order chi connectivity index (χ1) is 13.6. The number of nitrogens with zero attached hydrogens (tertiary/aromatic N) is 1. The van der Waals surface area contributed by atoms with Crippen molar-refractivity contribution in [2.45, 2.75) is 13.3 Å². The highest BCUT2D eigenvalue weighted by molar-refractivity contribution is 5.84. The van der Waals surface area contributed by atoms with Crippen LogP contribution >= 0.6 is 0 Å². The first kappa shape index (κ1) is 17.9. The van der Waals surface area contributed by atoms with Gasteiger partial charge in [0.15, 0.2) is 0 Å². The third-order valence-electron chi connectivity index (χ3n) is 4.64. The summed E-state index contributed by atoms with van der Waals surface area (Å²) in [6.07, 6.45) is 2.73. The summed E-state index contributed by atoms with van der Waals surface area (Å²) in [5.41, 5.74) is 3.67. The number of hydrogen-bond acceptors (Lipinski definition) is 1. The number of aromatic nitrogens is 1. The van der Waals surface area contributed by atoms with Gasteiger partial charge in [0.1, 0.15) is 11.6 Å². The minimum absolute atomic E-state index is 0.271. The molecule has 0 bridgehead atoms. The van der Waals surface area contributed by atoms with E-state index >= 15 is 0 Å². The lowest BCUT2D eigenvalue weighted by molar-refractivity contribution is 0.625. The SMILES string of the molecule is CCc1ccc(-c2ccc(C#Cc3ccc4cc(F)ccc4c3)c(F)c2)nc1. The molecule has 28 heavy (non-hydrogen) atoms. The van der Waals surface area contributed by atoms with Gasteiger partial charge >= 0.3 is 0 Å². The summed E-state index contributed by atoms with van der Waals surface area (Å²) < 4.78 is 27.8. The van der Waals surface area contributed by atoms with E-state index in [-0.39, 0.29) is 11.6 Å². The molecule has 1 nitrogen and oxygen atoms in total. The summed E-state index contributed by atoms with van der Waals surface area (Å²) in [5, 5.41) is 1.70. The maximum Gasteiger partial charge on any atom is 0.139 e. The van der Waals surface area contributed by atoms with Gasteiger partial charge in [-0.05, 0) is 65.2 Å². The molecule has 0 amide bonds. The summed E-state index contributed by atoms with van der Waals surface area (Å²) >= 11 is 0. The van der Waals surface area contributed by atoms with Crippen molar-refractivity contribution < 1.29 is 8.78 Å². The topological polar surface area (TPSA) is 12.9 Å². The zero-order chi connectivity index (χ0) is 19.5. The van der Waals surface area contributed by atoms with E-state index < -0.39 is 0 Å². The molecule has 1 heterocycles. The van der Waals surface area contributed by atoms with Crippen LogP contribution in [0.1, 0.15) is 23.6 Å². The summed E-state index contributed by atoms with van der Waals surface area (Å²) in [4.78, 5) is 4.39. The summed E-state index contributed by atoms with van der Waals surface area (Å²) in [5.74, 6) is 5.21. The van der Waals surface area contributed by atoms with Gasteiger partial charge < -0.3 is 0 Å². The Balaban J connectivity index is 1.61. The molecule has 0 saturated carbocycles. The molecule has 0 fully saturated rings. The lowest BCUT2D eigenvalue weighted by atomic mass is 10.1. The summed E-state index contributed by atoms with van der Waals surface area (Å²) in [6, 6.07) is 18.9. The van der Waals surface area contributed by atoms with E-state index in [0.29, 0.717) is 5.56 Å². The molecule has 1 aromatic heterocycles. The van der Waals surface area contributed by atoms with Gasteiger partial charge in [0.05, 0.1) is 11.3 Å². The van der Waals surface area contributed by atoms with Gasteiger partial charge in [0, 0.05) is 17.3 Å². The molecular weight excluding hydrogens is 352 g/mol. The average molecular weight is 369 g/mol. The van der Waals surface area contributed by atoms with Crippen molar-refractivity contribution in [1.82, 2.24) is 4.98 Å². The Morgan fingerprint density at radius 2 is 1.64 bits per heavy atom. The van der Waals surface area contributed by atoms with E-state index in [1.807, 2.05) is 36.5 Å². The fraction of sp³-hybridized carbons (Fsp3) is 0.0800. The second-order valence-electron chi connectivity index (χ2n) is 6.56. The number of rotatable bonds is 2. The van der Waals surface area contributed by atoms with Gasteiger partial charge in [-0.25, -0.2) is 8.78 Å². The van der Waals surface area contributed by atoms with Crippen LogP contribution in [0.4, 0.5) is 8.78 Å². The molecule has 4 aromatic rings. The highest BCUT2D eigenvalue weighted by Crippen LogP contribution is 2.21. The second kappa shape index (κ2) is 7.62. The number of halogens is 2. The maximum atomic E-state index is 14.5. The molecule has 0 spiro atoms. The molecule has 0 N–H and O–H groups in total. The first-order valence-electron chi connectivity index (χ1n) is 9.08. The zero-order valence-corrected chi connectivity index (χ0v) is 15.3. The van der Waals surface area contributed by atoms with Gasteiger partial charge in [-0.1, -0.05) is 43.0 Å². The van der Waals surface area contributed by atoms with Crippen LogP contribution < -0.4 is 0 Å². The van der Waals surface area contributed by atoms with E-state index in [0.717, 1.165) is 39.6 Å². The third kappa shape index (κ3) is 3.77. The number of pyridine rings is 1. The van der Waals surface area contributed by atoms with Gasteiger partial charge in [-0.15, -0.1) is 0 Å². The van der Waals surface area contributed by atoms with E-state index in [4.69, 9.17) is 0 Å². The van der Waals surface area contributed by atoms with Crippen molar-refractivity contribution >= 4 is 10.8 Å². The number of hydrogen-bond donors (Lipinski definition) is 0. The molecule has 0 saturated heterocycles. The molecule has 0 radical (unpaired) electrons. The fourth-order valence-electron chi connectivity index (χ4n) is 3.01. The predicted octanol–water partition coefficient (Wildman–Crippen LogP) is 6.14. The van der Waals surface area contributed by atoms with Gasteiger partial charge in [-0.2, -0.15) is 0 Å². The molecule has 4 rings (SSSR count). The van der Waals surface area contributed by atoms with E-state index in [2.05, 4.69) is 23.7 Å². The average Bonchev–Trinajstić information content (AvgIpc) is 2.73. The van der Waals surface area contributed by atoms with Crippen LogP contribution in [0.5, 0.6) is 0 Å². The van der Waals surface area contributed by atoms with Crippen molar-refractivity contribution in [2.24, 2.45) is 0 Å². The zero-order valence-electron chi connectivity index (χ0n) is 15.3. The minimum Gasteiger partial charge on any atom is -0.256 e. The van der Waals surface area contributed by atoms with Crippen LogP contribution in [-0.4, -0.2) is 4.98 Å². The molecular formula is C25H17F2N. The van der Waals surface area contributed by atoms with Crippen molar-refractivity contribution in [1.29, 1.82) is 0 Å². The number of benzene rings is 3. The monoisotopic (exact) mass is 369 g/mol. The van der Waals surface area contributed by atoms with Crippen molar-refractivity contribution in [3.8, 4) is 23.1 Å². The lowest BCUT2D eigenvalue weighted by Gasteiger charge is -2.03. The van der Waals surface area contributed by atoms with E-state index in [1.54, 1.807) is 18.2 Å². The van der Waals surface area contributed by atoms with E-state index in [1.165, 1.54) is 18.2 Å². The van der Waals surface area contributed by atoms with Gasteiger partial charge in [0.25, 0.3) is 0 Å². The molecule has 0 aliphatic heterocycles. The van der Waals surface area contributed by atoms with Crippen LogP contribution in [0, 0.1) is 23.5 Å². The van der Waals surface area contributed by atoms with Crippen molar-refractivity contribution in [3.63, 3.8) is 0 Å². The molecule has 3 aromatic carbocycles. The Morgan fingerprint density at radius 1 is 0.821 bits per heavy atom. The Kier molecular flexibility index (Phi) is 4.87. The van der Waals surface area contributed by atoms with Crippen molar-refractivity contribution in [3.05, 3.63) is 101 Å². The maximum absolute atomic E-state index is 14.5. The van der Waals surface area contributed by atoms with Crippen LogP contribution in [0.15, 0.2) is 72.9 Å². The van der Waals surface area contributed by atoms with Crippen LogP contribution in [0.3, 0.4) is 0 Å². The number of aryl methyl sites for hydroxylation is 1. The number of fused-ring (bicyclic) bond motifs is 1. The van der Waals surface area contributed by atoms with Crippen molar-refractivity contribution in [2.75, 3.05) is 0 Å². The molecule has 0 atom stereocenters. The molecule has 3 heteroatoms. The molecule has 0 aliphatic carbocycles. The highest BCUT2D eigenvalue weighted by atomic mass is 19.1. The normalized spacial score (nSPS) is 10.5. The summed E-state index contributed by atoms with van der Waals surface area (Å²) in [7, 11) is 0. The molecule has 0 aliphatic rings. The van der Waals surface area contributed by atoms with Crippen LogP contribution in [-0.2, 0) is 6.42 Å². The van der Waals surface area contributed by atoms with E-state index in [9.17, 15) is 8.78 Å². The third-order valence-corrected chi connectivity index (χ3v) is 4.64. The Morgan fingerprint density at radius 3 is 2.39 bits per heavy atom. The fourth-order valence-corrected chi connectivity index (χ4v) is 3.01. The Bertz CT molecular complexity index is 1210. The van der Waals surface area contributed by atoms with Crippen LogP contribution in [0.25, 0.3) is 22.0 Å². The standard InChI is InChI=1S/C25H17F2N/c1-2-17-5-12-25(28-16-17)22-9-8-19(24(27)15-22)6-3-18-4-7-21-14-23(26)11-10-20(21)13-18/h4-5,7-16H,2H2,1H3. The van der Waals surface area contributed by atoms with Gasteiger partial charge in [0.2, 0.25) is 0 Å². The minimum atomic E-state index is -0.380. The molecule has 0 unspecified atom stereocenters. The molecule has 136 valence electrons. The Labute approximate surface area is 162 Å². The summed E-state index contributed by atoms with van der Waals surface area (Å²) in [6.45, 7) is 2.07.